The Hall–Kier alpha value is -1.87. The molecule has 1 N–H and O–H groups in total. The summed E-state index contributed by atoms with van der Waals surface area (Å²) in [5.74, 6) is 1.50. The van der Waals surface area contributed by atoms with Crippen LogP contribution in [-0.4, -0.2) is 13.7 Å². The van der Waals surface area contributed by atoms with Gasteiger partial charge in [-0.3, -0.25) is 0 Å². The molecule has 0 saturated carbocycles. The topological polar surface area (TPSA) is 30.5 Å². The minimum absolute atomic E-state index is 0.618. The zero-order chi connectivity index (χ0) is 15.2. The molecule has 0 fully saturated rings. The molecule has 0 bridgehead atoms. The van der Waals surface area contributed by atoms with Crippen LogP contribution in [0.1, 0.15) is 18.1 Å². The summed E-state index contributed by atoms with van der Waals surface area (Å²) in [6.45, 7) is 5.26. The molecule has 3 nitrogen and oxygen atoms in total. The molecule has 0 radical (unpaired) electrons. The van der Waals surface area contributed by atoms with Crippen molar-refractivity contribution in [2.24, 2.45) is 0 Å². The number of ether oxygens (including phenoxy) is 2. The van der Waals surface area contributed by atoms with Gasteiger partial charge in [-0.25, -0.2) is 0 Å². The Morgan fingerprint density at radius 1 is 1.10 bits per heavy atom. The third-order valence-electron chi connectivity index (χ3n) is 3.14. The van der Waals surface area contributed by atoms with E-state index in [9.17, 15) is 0 Å². The molecule has 0 aliphatic heterocycles. The molecule has 0 aromatic heterocycles. The van der Waals surface area contributed by atoms with Crippen molar-refractivity contribution in [2.45, 2.75) is 20.4 Å². The Kier molecular flexibility index (Phi) is 5.34. The van der Waals surface area contributed by atoms with Gasteiger partial charge in [0, 0.05) is 6.54 Å². The molecule has 2 aromatic carbocycles. The van der Waals surface area contributed by atoms with Gasteiger partial charge in [-0.1, -0.05) is 23.7 Å². The molecular weight excluding hydrogens is 286 g/mol. The third-order valence-corrected chi connectivity index (χ3v) is 3.45. The molecule has 0 spiro atoms. The molecule has 0 unspecified atom stereocenters. The van der Waals surface area contributed by atoms with Crippen LogP contribution in [0.25, 0.3) is 0 Å². The molecule has 4 heteroatoms. The van der Waals surface area contributed by atoms with E-state index in [-0.39, 0.29) is 0 Å². The minimum atomic E-state index is 0.618. The summed E-state index contributed by atoms with van der Waals surface area (Å²) >= 11 is 6.21. The molecule has 2 rings (SSSR count). The molecule has 0 atom stereocenters. The first-order chi connectivity index (χ1) is 10.1. The second-order valence-corrected chi connectivity index (χ2v) is 5.16. The van der Waals surface area contributed by atoms with E-state index >= 15 is 0 Å². The number of hydrogen-bond donors (Lipinski definition) is 1. The molecule has 0 heterocycles. The van der Waals surface area contributed by atoms with Crippen LogP contribution in [0.2, 0.25) is 5.02 Å². The summed E-state index contributed by atoms with van der Waals surface area (Å²) in [5, 5.41) is 4.06. The highest BCUT2D eigenvalue weighted by molar-refractivity contribution is 6.33. The smallest absolute Gasteiger partial charge is 0.161 e. The van der Waals surface area contributed by atoms with Crippen LogP contribution >= 0.6 is 11.6 Å². The fraction of sp³-hybridized carbons (Fsp3) is 0.294. The number of methoxy groups -OCH3 is 1. The number of benzene rings is 2. The Bertz CT molecular complexity index is 614. The number of aryl methyl sites for hydroxylation is 1. The van der Waals surface area contributed by atoms with Gasteiger partial charge in [0.2, 0.25) is 0 Å². The van der Waals surface area contributed by atoms with Gasteiger partial charge in [-0.2, -0.15) is 0 Å². The van der Waals surface area contributed by atoms with Gasteiger partial charge in [0.1, 0.15) is 0 Å². The largest absolute Gasteiger partial charge is 0.493 e. The predicted octanol–water partition coefficient (Wildman–Crippen LogP) is 4.67. The van der Waals surface area contributed by atoms with Crippen LogP contribution in [-0.2, 0) is 6.54 Å². The summed E-state index contributed by atoms with van der Waals surface area (Å²) in [7, 11) is 1.64. The fourth-order valence-corrected chi connectivity index (χ4v) is 2.36. The lowest BCUT2D eigenvalue weighted by Gasteiger charge is -2.13. The lowest BCUT2D eigenvalue weighted by atomic mass is 10.2. The zero-order valence-electron chi connectivity index (χ0n) is 12.6. The quantitative estimate of drug-likeness (QED) is 0.841. The lowest BCUT2D eigenvalue weighted by molar-refractivity contribution is 0.310. The summed E-state index contributed by atoms with van der Waals surface area (Å²) in [4.78, 5) is 0. The van der Waals surface area contributed by atoms with Gasteiger partial charge in [-0.05, 0) is 49.2 Å². The van der Waals surface area contributed by atoms with E-state index in [2.05, 4.69) is 5.32 Å². The van der Waals surface area contributed by atoms with Crippen LogP contribution in [0.3, 0.4) is 0 Å². The Morgan fingerprint density at radius 2 is 1.90 bits per heavy atom. The van der Waals surface area contributed by atoms with E-state index < -0.39 is 0 Å². The summed E-state index contributed by atoms with van der Waals surface area (Å²) in [5.41, 5.74) is 3.18. The molecule has 21 heavy (non-hydrogen) atoms. The highest BCUT2D eigenvalue weighted by Crippen LogP contribution is 2.29. The average Bonchev–Trinajstić information content (AvgIpc) is 2.47. The van der Waals surface area contributed by atoms with Crippen LogP contribution in [0.15, 0.2) is 36.4 Å². The molecule has 0 aliphatic rings. The lowest BCUT2D eigenvalue weighted by Crippen LogP contribution is -2.02. The highest BCUT2D eigenvalue weighted by Gasteiger charge is 2.06. The minimum Gasteiger partial charge on any atom is -0.493 e. The first-order valence-corrected chi connectivity index (χ1v) is 7.31. The monoisotopic (exact) mass is 305 g/mol. The molecule has 0 saturated heterocycles. The van der Waals surface area contributed by atoms with Crippen molar-refractivity contribution in [1.82, 2.24) is 0 Å². The second-order valence-electron chi connectivity index (χ2n) is 4.76. The maximum Gasteiger partial charge on any atom is 0.161 e. The average molecular weight is 306 g/mol. The van der Waals surface area contributed by atoms with E-state index in [4.69, 9.17) is 21.1 Å². The van der Waals surface area contributed by atoms with Crippen molar-refractivity contribution in [3.63, 3.8) is 0 Å². The number of halogens is 1. The van der Waals surface area contributed by atoms with Crippen molar-refractivity contribution >= 4 is 17.3 Å². The fourth-order valence-electron chi connectivity index (χ4n) is 2.06. The molecule has 0 aliphatic carbocycles. The Morgan fingerprint density at radius 3 is 2.57 bits per heavy atom. The van der Waals surface area contributed by atoms with E-state index in [1.807, 2.05) is 50.2 Å². The highest BCUT2D eigenvalue weighted by atomic mass is 35.5. The number of anilines is 1. The van der Waals surface area contributed by atoms with Gasteiger partial charge >= 0.3 is 0 Å². The number of hydrogen-bond acceptors (Lipinski definition) is 3. The first-order valence-electron chi connectivity index (χ1n) is 6.93. The van der Waals surface area contributed by atoms with Gasteiger partial charge in [0.25, 0.3) is 0 Å². The van der Waals surface area contributed by atoms with E-state index in [0.29, 0.717) is 13.2 Å². The van der Waals surface area contributed by atoms with Crippen LogP contribution in [0, 0.1) is 6.92 Å². The van der Waals surface area contributed by atoms with Crippen molar-refractivity contribution in [1.29, 1.82) is 0 Å². The van der Waals surface area contributed by atoms with Crippen LogP contribution in [0.5, 0.6) is 11.5 Å². The summed E-state index contributed by atoms with van der Waals surface area (Å²) in [6, 6.07) is 11.9. The molecule has 2 aromatic rings. The van der Waals surface area contributed by atoms with Gasteiger partial charge < -0.3 is 14.8 Å². The van der Waals surface area contributed by atoms with E-state index in [0.717, 1.165) is 33.3 Å². The Labute approximate surface area is 130 Å². The summed E-state index contributed by atoms with van der Waals surface area (Å²) in [6.07, 6.45) is 0. The third kappa shape index (κ3) is 4.05. The normalized spacial score (nSPS) is 10.3. The maximum absolute atomic E-state index is 6.21. The SMILES string of the molecule is CCOc1ccc(CNc2ccc(C)cc2Cl)cc1OC. The second kappa shape index (κ2) is 7.23. The van der Waals surface area contributed by atoms with E-state index in [1.165, 1.54) is 0 Å². The van der Waals surface area contributed by atoms with Crippen molar-refractivity contribution in [3.05, 3.63) is 52.5 Å². The molecular formula is C17H20ClNO2. The van der Waals surface area contributed by atoms with Gasteiger partial charge in [0.05, 0.1) is 24.4 Å². The molecule has 0 amide bonds. The van der Waals surface area contributed by atoms with Crippen molar-refractivity contribution in [3.8, 4) is 11.5 Å². The number of rotatable bonds is 6. The Balaban J connectivity index is 2.09. The van der Waals surface area contributed by atoms with Crippen molar-refractivity contribution in [2.75, 3.05) is 19.0 Å². The summed E-state index contributed by atoms with van der Waals surface area (Å²) < 4.78 is 10.9. The van der Waals surface area contributed by atoms with E-state index in [1.54, 1.807) is 7.11 Å². The predicted molar refractivity (Wildman–Crippen MR) is 87.7 cm³/mol. The standard InChI is InChI=1S/C17H20ClNO2/c1-4-21-16-8-6-13(10-17(16)20-3)11-19-15-7-5-12(2)9-14(15)18/h5-10,19H,4,11H2,1-3H3. The van der Waals surface area contributed by atoms with Crippen molar-refractivity contribution < 1.29 is 9.47 Å². The maximum atomic E-state index is 6.21. The zero-order valence-corrected chi connectivity index (χ0v) is 13.3. The van der Waals surface area contributed by atoms with Gasteiger partial charge in [0.15, 0.2) is 11.5 Å². The first kappa shape index (κ1) is 15.5. The van der Waals surface area contributed by atoms with Crippen LogP contribution in [0.4, 0.5) is 5.69 Å². The van der Waals surface area contributed by atoms with Gasteiger partial charge in [-0.15, -0.1) is 0 Å². The van der Waals surface area contributed by atoms with Crippen LogP contribution < -0.4 is 14.8 Å². The molecule has 112 valence electrons. The number of nitrogens with one attached hydrogen (secondary N) is 1.